The summed E-state index contributed by atoms with van der Waals surface area (Å²) in [7, 11) is 0. The predicted octanol–water partition coefficient (Wildman–Crippen LogP) is 3.52. The van der Waals surface area contributed by atoms with E-state index in [0.29, 0.717) is 21.1 Å². The van der Waals surface area contributed by atoms with Crippen molar-refractivity contribution < 1.29 is 9.90 Å². The molecule has 0 unspecified atom stereocenters. The van der Waals surface area contributed by atoms with E-state index in [1.165, 1.54) is 6.07 Å². The maximum absolute atomic E-state index is 12.0. The number of thiophene rings is 1. The molecule has 0 atom stereocenters. The second kappa shape index (κ2) is 5.05. The van der Waals surface area contributed by atoms with Crippen LogP contribution in [0.1, 0.15) is 15.2 Å². The van der Waals surface area contributed by atoms with Gasteiger partial charge >= 0.3 is 10.8 Å². The average molecular weight is 326 g/mol. The highest BCUT2D eigenvalue weighted by Gasteiger charge is 2.16. The summed E-state index contributed by atoms with van der Waals surface area (Å²) in [5, 5.41) is 9.60. The molecule has 0 aliphatic rings. The molecule has 3 aromatic rings. The van der Waals surface area contributed by atoms with E-state index in [0.717, 1.165) is 28.2 Å². The minimum absolute atomic E-state index is 0.108. The first-order valence-electron chi connectivity index (χ1n) is 5.66. The van der Waals surface area contributed by atoms with Gasteiger partial charge in [0.15, 0.2) is 0 Å². The van der Waals surface area contributed by atoms with E-state index < -0.39 is 5.97 Å². The molecule has 0 spiro atoms. The van der Waals surface area contributed by atoms with E-state index in [1.807, 2.05) is 18.2 Å². The summed E-state index contributed by atoms with van der Waals surface area (Å²) in [6, 6.07) is 8.84. The number of benzene rings is 1. The monoisotopic (exact) mass is 325 g/mol. The van der Waals surface area contributed by atoms with Crippen molar-refractivity contribution in [3.8, 4) is 0 Å². The van der Waals surface area contributed by atoms with Gasteiger partial charge in [-0.2, -0.15) is 0 Å². The highest BCUT2D eigenvalue weighted by atomic mass is 35.5. The van der Waals surface area contributed by atoms with Gasteiger partial charge in [-0.15, -0.1) is 11.3 Å². The van der Waals surface area contributed by atoms with Gasteiger partial charge in [-0.05, 0) is 17.7 Å². The molecule has 4 nitrogen and oxygen atoms in total. The van der Waals surface area contributed by atoms with E-state index in [2.05, 4.69) is 0 Å². The lowest BCUT2D eigenvalue weighted by atomic mass is 10.2. The number of carboxylic acids is 1. The second-order valence-corrected chi connectivity index (χ2v) is 6.56. The third kappa shape index (κ3) is 2.26. The molecular weight excluding hydrogens is 318 g/mol. The fraction of sp³-hybridized carbons (Fsp3) is 0.0769. The van der Waals surface area contributed by atoms with Crippen molar-refractivity contribution in [1.29, 1.82) is 0 Å². The van der Waals surface area contributed by atoms with E-state index in [9.17, 15) is 9.59 Å². The van der Waals surface area contributed by atoms with Crippen LogP contribution < -0.4 is 4.87 Å². The Bertz CT molecular complexity index is 862. The van der Waals surface area contributed by atoms with Gasteiger partial charge in [0.05, 0.1) is 11.2 Å². The fourth-order valence-electron chi connectivity index (χ4n) is 1.90. The van der Waals surface area contributed by atoms with Crippen molar-refractivity contribution in [2.75, 3.05) is 0 Å². The molecule has 1 aromatic carbocycles. The minimum atomic E-state index is -0.977. The van der Waals surface area contributed by atoms with E-state index >= 15 is 0 Å². The zero-order valence-electron chi connectivity index (χ0n) is 10.00. The first-order chi connectivity index (χ1) is 9.56. The van der Waals surface area contributed by atoms with Crippen molar-refractivity contribution in [3.05, 3.63) is 55.5 Å². The molecule has 0 aliphatic carbocycles. The van der Waals surface area contributed by atoms with Crippen molar-refractivity contribution in [1.82, 2.24) is 4.57 Å². The molecule has 3 rings (SSSR count). The first-order valence-corrected chi connectivity index (χ1v) is 7.67. The van der Waals surface area contributed by atoms with Gasteiger partial charge in [-0.1, -0.05) is 41.1 Å². The summed E-state index contributed by atoms with van der Waals surface area (Å²) >= 11 is 8.26. The second-order valence-electron chi connectivity index (χ2n) is 4.13. The number of fused-ring (bicyclic) bond motifs is 1. The van der Waals surface area contributed by atoms with Crippen molar-refractivity contribution >= 4 is 49.8 Å². The quantitative estimate of drug-likeness (QED) is 0.801. The van der Waals surface area contributed by atoms with Crippen LogP contribution in [-0.2, 0) is 6.54 Å². The van der Waals surface area contributed by atoms with E-state index in [1.54, 1.807) is 10.6 Å². The number of rotatable bonds is 3. The van der Waals surface area contributed by atoms with Crippen molar-refractivity contribution in [3.63, 3.8) is 0 Å². The number of carbonyl (C=O) groups is 1. The van der Waals surface area contributed by atoms with Crippen LogP contribution in [0.3, 0.4) is 0 Å². The Hall–Kier alpha value is -1.63. The Morgan fingerprint density at radius 3 is 2.75 bits per heavy atom. The zero-order valence-corrected chi connectivity index (χ0v) is 12.4. The minimum Gasteiger partial charge on any atom is -0.477 e. The molecule has 0 fully saturated rings. The van der Waals surface area contributed by atoms with Gasteiger partial charge in [0, 0.05) is 5.02 Å². The standard InChI is InChI=1S/C13H8ClNO3S2/c14-8-4-2-1-3-7(8)6-15-11-9(20-13(15)18)5-10(19-11)12(16)17/h1-5H,6H2,(H,16,17). The van der Waals surface area contributed by atoms with Crippen LogP contribution in [0.2, 0.25) is 5.02 Å². The molecule has 2 aromatic heterocycles. The van der Waals surface area contributed by atoms with Gasteiger partial charge in [-0.3, -0.25) is 9.36 Å². The summed E-state index contributed by atoms with van der Waals surface area (Å²) in [6.45, 7) is 0.345. The molecule has 0 aliphatic heterocycles. The van der Waals surface area contributed by atoms with E-state index in [4.69, 9.17) is 16.7 Å². The Balaban J connectivity index is 2.11. The third-order valence-corrected chi connectivity index (χ3v) is 5.41. The summed E-state index contributed by atoms with van der Waals surface area (Å²) in [4.78, 5) is 23.8. The first kappa shape index (κ1) is 13.4. The number of nitrogens with zero attached hydrogens (tertiary/aromatic N) is 1. The molecule has 0 bridgehead atoms. The SMILES string of the molecule is O=C(O)c1cc2sc(=O)n(Cc3ccccc3Cl)c2s1. The lowest BCUT2D eigenvalue weighted by Crippen LogP contribution is -2.13. The van der Waals surface area contributed by atoms with Gasteiger partial charge in [0.1, 0.15) is 9.71 Å². The summed E-state index contributed by atoms with van der Waals surface area (Å²) in [6.07, 6.45) is 0. The number of hydrogen-bond donors (Lipinski definition) is 1. The molecule has 2 heterocycles. The molecule has 0 saturated heterocycles. The highest BCUT2D eigenvalue weighted by molar-refractivity contribution is 7.27. The molecule has 0 amide bonds. The maximum Gasteiger partial charge on any atom is 0.345 e. The molecule has 0 saturated carbocycles. The number of thiazole rings is 1. The van der Waals surface area contributed by atoms with Crippen LogP contribution in [0.15, 0.2) is 35.1 Å². The van der Waals surface area contributed by atoms with Gasteiger partial charge < -0.3 is 5.11 Å². The van der Waals surface area contributed by atoms with Crippen LogP contribution in [0, 0.1) is 0 Å². The number of carboxylic acid groups (broad SMARTS) is 1. The third-order valence-electron chi connectivity index (χ3n) is 2.84. The maximum atomic E-state index is 12.0. The smallest absolute Gasteiger partial charge is 0.345 e. The lowest BCUT2D eigenvalue weighted by molar-refractivity contribution is 0.0702. The summed E-state index contributed by atoms with van der Waals surface area (Å²) < 4.78 is 2.27. The zero-order chi connectivity index (χ0) is 14.3. The van der Waals surface area contributed by atoms with Crippen LogP contribution >= 0.6 is 34.3 Å². The molecular formula is C13H8ClNO3S2. The van der Waals surface area contributed by atoms with E-state index in [-0.39, 0.29) is 9.75 Å². The Morgan fingerprint density at radius 2 is 2.05 bits per heavy atom. The average Bonchev–Trinajstić information content (AvgIpc) is 2.92. The Morgan fingerprint density at radius 1 is 1.30 bits per heavy atom. The molecule has 20 heavy (non-hydrogen) atoms. The number of halogens is 1. The molecule has 7 heteroatoms. The van der Waals surface area contributed by atoms with Crippen molar-refractivity contribution in [2.45, 2.75) is 6.54 Å². The van der Waals surface area contributed by atoms with Gasteiger partial charge in [-0.25, -0.2) is 4.79 Å². The Kier molecular flexibility index (Phi) is 3.37. The number of hydrogen-bond acceptors (Lipinski definition) is 4. The topological polar surface area (TPSA) is 59.3 Å². The number of aromatic carboxylic acids is 1. The molecule has 102 valence electrons. The normalized spacial score (nSPS) is 11.1. The largest absolute Gasteiger partial charge is 0.477 e. The predicted molar refractivity (Wildman–Crippen MR) is 81.5 cm³/mol. The van der Waals surface area contributed by atoms with Gasteiger partial charge in [0.25, 0.3) is 0 Å². The van der Waals surface area contributed by atoms with Crippen molar-refractivity contribution in [2.24, 2.45) is 0 Å². The summed E-state index contributed by atoms with van der Waals surface area (Å²) in [5.74, 6) is -0.977. The Labute approximate surface area is 126 Å². The highest BCUT2D eigenvalue weighted by Crippen LogP contribution is 2.29. The lowest BCUT2D eigenvalue weighted by Gasteiger charge is -2.04. The van der Waals surface area contributed by atoms with Crippen LogP contribution in [0.5, 0.6) is 0 Å². The summed E-state index contributed by atoms with van der Waals surface area (Å²) in [5.41, 5.74) is 0.834. The molecule has 0 radical (unpaired) electrons. The molecule has 1 N–H and O–H groups in total. The van der Waals surface area contributed by atoms with Crippen LogP contribution in [-0.4, -0.2) is 15.6 Å². The van der Waals surface area contributed by atoms with Crippen LogP contribution in [0.25, 0.3) is 9.53 Å². The van der Waals surface area contributed by atoms with Gasteiger partial charge in [0.2, 0.25) is 0 Å². The fourth-order valence-corrected chi connectivity index (χ4v) is 4.19. The van der Waals surface area contributed by atoms with Crippen LogP contribution in [0.4, 0.5) is 0 Å². The number of aromatic nitrogens is 1.